The van der Waals surface area contributed by atoms with Gasteiger partial charge in [0.15, 0.2) is 0 Å². The number of imidazole rings is 1. The van der Waals surface area contributed by atoms with Crippen LogP contribution >= 0.6 is 0 Å². The molecule has 7 nitrogen and oxygen atoms in total. The fraction of sp³-hybridized carbons (Fsp3) is 0.632. The number of nitrogens with zero attached hydrogens (tertiary/aromatic N) is 5. The second kappa shape index (κ2) is 8.14. The van der Waals surface area contributed by atoms with Crippen molar-refractivity contribution in [1.82, 2.24) is 24.4 Å². The minimum absolute atomic E-state index is 0.384. The lowest BCUT2D eigenvalue weighted by molar-refractivity contribution is 0.0477. The Bertz CT molecular complexity index is 713. The van der Waals surface area contributed by atoms with Gasteiger partial charge in [0, 0.05) is 63.4 Å². The van der Waals surface area contributed by atoms with E-state index in [0.717, 1.165) is 63.8 Å². The average molecular weight is 357 g/mol. The SMILES string of the molecule is Cc1ccnc(OCC2CN(CC3CCOCC3)Cc3cncn3C2)n1. The highest BCUT2D eigenvalue weighted by atomic mass is 16.5. The molecule has 4 heterocycles. The van der Waals surface area contributed by atoms with Crippen LogP contribution in [0.25, 0.3) is 0 Å². The van der Waals surface area contributed by atoms with Crippen molar-refractivity contribution in [1.29, 1.82) is 0 Å². The van der Waals surface area contributed by atoms with Gasteiger partial charge in [-0.15, -0.1) is 0 Å². The van der Waals surface area contributed by atoms with E-state index in [1.165, 1.54) is 5.69 Å². The van der Waals surface area contributed by atoms with Crippen LogP contribution in [-0.4, -0.2) is 57.3 Å². The van der Waals surface area contributed by atoms with E-state index in [1.807, 2.05) is 25.5 Å². The molecule has 2 aliphatic rings. The highest BCUT2D eigenvalue weighted by Gasteiger charge is 2.25. The number of rotatable bonds is 5. The fourth-order valence-electron chi connectivity index (χ4n) is 3.87. The molecule has 2 aromatic rings. The van der Waals surface area contributed by atoms with Gasteiger partial charge in [0.05, 0.1) is 18.6 Å². The Kier molecular flexibility index (Phi) is 5.45. The molecule has 0 aromatic carbocycles. The molecule has 0 aliphatic carbocycles. The highest BCUT2D eigenvalue weighted by Crippen LogP contribution is 2.22. The van der Waals surface area contributed by atoms with Crippen LogP contribution in [0.5, 0.6) is 6.01 Å². The second-order valence-electron chi connectivity index (χ2n) is 7.44. The molecule has 1 fully saturated rings. The van der Waals surface area contributed by atoms with Crippen molar-refractivity contribution in [3.63, 3.8) is 0 Å². The summed E-state index contributed by atoms with van der Waals surface area (Å²) < 4.78 is 13.7. The zero-order valence-electron chi connectivity index (χ0n) is 15.4. The third kappa shape index (κ3) is 4.40. The third-order valence-electron chi connectivity index (χ3n) is 5.23. The molecule has 2 aliphatic heterocycles. The largest absolute Gasteiger partial charge is 0.463 e. The highest BCUT2D eigenvalue weighted by molar-refractivity contribution is 5.04. The van der Waals surface area contributed by atoms with Crippen molar-refractivity contribution in [3.05, 3.63) is 36.2 Å². The summed E-state index contributed by atoms with van der Waals surface area (Å²) >= 11 is 0. The maximum absolute atomic E-state index is 5.91. The number of hydrogen-bond donors (Lipinski definition) is 0. The van der Waals surface area contributed by atoms with Crippen LogP contribution in [-0.2, 0) is 17.8 Å². The minimum atomic E-state index is 0.384. The van der Waals surface area contributed by atoms with Gasteiger partial charge < -0.3 is 14.0 Å². The summed E-state index contributed by atoms with van der Waals surface area (Å²) in [5, 5.41) is 0. The van der Waals surface area contributed by atoms with Gasteiger partial charge in [0.25, 0.3) is 0 Å². The second-order valence-corrected chi connectivity index (χ2v) is 7.44. The topological polar surface area (TPSA) is 65.3 Å². The van der Waals surface area contributed by atoms with Gasteiger partial charge in [-0.3, -0.25) is 4.90 Å². The Morgan fingerprint density at radius 3 is 2.96 bits per heavy atom. The fourth-order valence-corrected chi connectivity index (χ4v) is 3.87. The number of ether oxygens (including phenoxy) is 2. The van der Waals surface area contributed by atoms with Crippen molar-refractivity contribution in [2.45, 2.75) is 32.9 Å². The lowest BCUT2D eigenvalue weighted by Gasteiger charge is -2.30. The van der Waals surface area contributed by atoms with Crippen LogP contribution in [0.3, 0.4) is 0 Å². The van der Waals surface area contributed by atoms with Gasteiger partial charge in [0.2, 0.25) is 0 Å². The van der Waals surface area contributed by atoms with Crippen molar-refractivity contribution < 1.29 is 9.47 Å². The molecule has 0 bridgehead atoms. The first-order valence-corrected chi connectivity index (χ1v) is 9.48. The number of hydrogen-bond acceptors (Lipinski definition) is 6. The summed E-state index contributed by atoms with van der Waals surface area (Å²) in [6.07, 6.45) is 7.99. The maximum atomic E-state index is 5.91. The van der Waals surface area contributed by atoms with Crippen LogP contribution in [0.4, 0.5) is 0 Å². The molecule has 0 radical (unpaired) electrons. The molecule has 1 atom stereocenters. The van der Waals surface area contributed by atoms with Gasteiger partial charge in [-0.25, -0.2) is 15.0 Å². The van der Waals surface area contributed by atoms with E-state index in [1.54, 1.807) is 6.20 Å². The minimum Gasteiger partial charge on any atom is -0.463 e. The number of aromatic nitrogens is 4. The molecule has 1 saturated heterocycles. The Labute approximate surface area is 154 Å². The standard InChI is InChI=1S/C19H27N5O2/c1-15-2-5-21-19(22-15)26-13-17-10-23(9-16-3-6-25-7-4-16)12-18-8-20-14-24(18)11-17/h2,5,8,14,16-17H,3-4,6-7,9-13H2,1H3. The summed E-state index contributed by atoms with van der Waals surface area (Å²) in [5.74, 6) is 1.11. The van der Waals surface area contributed by atoms with E-state index in [2.05, 4.69) is 24.4 Å². The van der Waals surface area contributed by atoms with Gasteiger partial charge >= 0.3 is 6.01 Å². The molecule has 7 heteroatoms. The van der Waals surface area contributed by atoms with Crippen LogP contribution in [0.2, 0.25) is 0 Å². The maximum Gasteiger partial charge on any atom is 0.316 e. The van der Waals surface area contributed by atoms with Crippen LogP contribution < -0.4 is 4.74 Å². The zero-order valence-corrected chi connectivity index (χ0v) is 15.4. The molecule has 0 amide bonds. The third-order valence-corrected chi connectivity index (χ3v) is 5.23. The quantitative estimate of drug-likeness (QED) is 0.815. The van der Waals surface area contributed by atoms with Crippen LogP contribution in [0.1, 0.15) is 24.2 Å². The van der Waals surface area contributed by atoms with Crippen LogP contribution in [0, 0.1) is 18.8 Å². The van der Waals surface area contributed by atoms with Gasteiger partial charge in [-0.2, -0.15) is 0 Å². The van der Waals surface area contributed by atoms with E-state index in [9.17, 15) is 0 Å². The van der Waals surface area contributed by atoms with Crippen molar-refractivity contribution in [2.75, 3.05) is 32.9 Å². The summed E-state index contributed by atoms with van der Waals surface area (Å²) in [6, 6.07) is 2.35. The zero-order chi connectivity index (χ0) is 17.8. The van der Waals surface area contributed by atoms with E-state index >= 15 is 0 Å². The van der Waals surface area contributed by atoms with E-state index < -0.39 is 0 Å². The van der Waals surface area contributed by atoms with Crippen molar-refractivity contribution >= 4 is 0 Å². The van der Waals surface area contributed by atoms with Gasteiger partial charge in [-0.1, -0.05) is 0 Å². The summed E-state index contributed by atoms with van der Waals surface area (Å²) in [4.78, 5) is 15.5. The predicted molar refractivity (Wildman–Crippen MR) is 96.8 cm³/mol. The molecule has 0 spiro atoms. The molecule has 140 valence electrons. The van der Waals surface area contributed by atoms with Gasteiger partial charge in [-0.05, 0) is 31.7 Å². The molecule has 0 N–H and O–H groups in total. The normalized spacial score (nSPS) is 22.0. The predicted octanol–water partition coefficient (Wildman–Crippen LogP) is 1.92. The lowest BCUT2D eigenvalue weighted by Crippen LogP contribution is -2.36. The van der Waals surface area contributed by atoms with Crippen LogP contribution in [0.15, 0.2) is 24.8 Å². The Hall–Kier alpha value is -1.99. The Balaban J connectivity index is 1.41. The first-order valence-electron chi connectivity index (χ1n) is 9.48. The van der Waals surface area contributed by atoms with Gasteiger partial charge in [0.1, 0.15) is 0 Å². The molecule has 26 heavy (non-hydrogen) atoms. The van der Waals surface area contributed by atoms with Crippen molar-refractivity contribution in [2.24, 2.45) is 11.8 Å². The lowest BCUT2D eigenvalue weighted by atomic mass is 9.99. The Morgan fingerprint density at radius 1 is 1.23 bits per heavy atom. The molecule has 4 rings (SSSR count). The van der Waals surface area contributed by atoms with E-state index in [-0.39, 0.29) is 0 Å². The summed E-state index contributed by atoms with van der Waals surface area (Å²) in [6.45, 7) is 8.37. The van der Waals surface area contributed by atoms with E-state index in [4.69, 9.17) is 9.47 Å². The van der Waals surface area contributed by atoms with E-state index in [0.29, 0.717) is 18.5 Å². The molecular formula is C19H27N5O2. The molecule has 0 saturated carbocycles. The smallest absolute Gasteiger partial charge is 0.316 e. The summed E-state index contributed by atoms with van der Waals surface area (Å²) in [5.41, 5.74) is 2.21. The Morgan fingerprint density at radius 2 is 2.12 bits per heavy atom. The number of aryl methyl sites for hydroxylation is 1. The average Bonchev–Trinajstić information content (AvgIpc) is 3.00. The first-order chi connectivity index (χ1) is 12.8. The molecular weight excluding hydrogens is 330 g/mol. The summed E-state index contributed by atoms with van der Waals surface area (Å²) in [7, 11) is 0. The monoisotopic (exact) mass is 357 g/mol. The first kappa shape index (κ1) is 17.4. The number of fused-ring (bicyclic) bond motifs is 1. The molecule has 1 unspecified atom stereocenters. The molecule has 2 aromatic heterocycles. The van der Waals surface area contributed by atoms with Crippen molar-refractivity contribution in [3.8, 4) is 6.01 Å².